The van der Waals surface area contributed by atoms with Crippen LogP contribution in [-0.4, -0.2) is 38.7 Å². The molecule has 136 valence electrons. The number of pyridine rings is 2. The minimum Gasteiger partial charge on any atom is -0.486 e. The number of amidine groups is 1. The van der Waals surface area contributed by atoms with Crippen LogP contribution in [0.3, 0.4) is 0 Å². The van der Waals surface area contributed by atoms with Gasteiger partial charge >= 0.3 is 0 Å². The van der Waals surface area contributed by atoms with Crippen molar-refractivity contribution in [1.29, 1.82) is 0 Å². The van der Waals surface area contributed by atoms with Crippen molar-refractivity contribution < 1.29 is 13.9 Å². The van der Waals surface area contributed by atoms with E-state index in [2.05, 4.69) is 21.6 Å². The maximum Gasteiger partial charge on any atom is 0.278 e. The van der Waals surface area contributed by atoms with Crippen LogP contribution in [0.25, 0.3) is 0 Å². The third-order valence-corrected chi connectivity index (χ3v) is 4.26. The molecule has 0 bridgehead atoms. The lowest BCUT2D eigenvalue weighted by Crippen LogP contribution is -2.33. The van der Waals surface area contributed by atoms with Crippen LogP contribution < -0.4 is 4.74 Å². The molecule has 7 nitrogen and oxygen atoms in total. The molecule has 0 radical (unpaired) electrons. The number of likely N-dealkylation sites (N-methyl/N-ethyl adjacent to an activating group) is 1. The van der Waals surface area contributed by atoms with E-state index in [1.807, 2.05) is 0 Å². The van der Waals surface area contributed by atoms with Gasteiger partial charge in [-0.1, -0.05) is 6.58 Å². The Morgan fingerprint density at radius 1 is 1.26 bits per heavy atom. The van der Waals surface area contributed by atoms with Crippen molar-refractivity contribution in [1.82, 2.24) is 19.9 Å². The van der Waals surface area contributed by atoms with Gasteiger partial charge < -0.3 is 4.74 Å². The average molecular weight is 365 g/mol. The van der Waals surface area contributed by atoms with Crippen molar-refractivity contribution >= 4 is 11.7 Å². The number of nitrogens with zero attached hydrogens (tertiary/aromatic N) is 5. The number of hydrogen-bond acceptors (Lipinski definition) is 6. The molecule has 1 amide bonds. The lowest BCUT2D eigenvalue weighted by atomic mass is 10.2. The summed E-state index contributed by atoms with van der Waals surface area (Å²) in [5, 5.41) is 5.97. The van der Waals surface area contributed by atoms with Gasteiger partial charge in [-0.05, 0) is 30.4 Å². The molecule has 0 unspecified atom stereocenters. The Bertz CT molecular complexity index is 984. The number of rotatable bonds is 3. The Labute approximate surface area is 155 Å². The number of amides is 1. The maximum absolute atomic E-state index is 12.9. The van der Waals surface area contributed by atoms with Gasteiger partial charge in [0.1, 0.15) is 23.9 Å². The molecular weight excluding hydrogens is 349 g/mol. The van der Waals surface area contributed by atoms with Crippen molar-refractivity contribution in [2.24, 2.45) is 5.10 Å². The van der Waals surface area contributed by atoms with Gasteiger partial charge in [0.2, 0.25) is 0 Å². The van der Waals surface area contributed by atoms with Crippen LogP contribution in [0.4, 0.5) is 4.39 Å². The van der Waals surface area contributed by atoms with Crippen molar-refractivity contribution in [3.05, 3.63) is 77.8 Å². The second-order valence-electron chi connectivity index (χ2n) is 6.13. The van der Waals surface area contributed by atoms with Crippen LogP contribution in [0.5, 0.6) is 5.75 Å². The Morgan fingerprint density at radius 2 is 2.11 bits per heavy atom. The van der Waals surface area contributed by atoms with Gasteiger partial charge in [-0.15, -0.1) is 0 Å². The molecule has 2 aromatic heterocycles. The first-order chi connectivity index (χ1) is 13.0. The predicted molar refractivity (Wildman–Crippen MR) is 96.1 cm³/mol. The summed E-state index contributed by atoms with van der Waals surface area (Å²) in [6.45, 7) is 4.39. The van der Waals surface area contributed by atoms with Crippen molar-refractivity contribution in [3.8, 4) is 5.75 Å². The van der Waals surface area contributed by atoms with Crippen LogP contribution >= 0.6 is 0 Å². The highest BCUT2D eigenvalue weighted by atomic mass is 19.1. The van der Waals surface area contributed by atoms with Crippen molar-refractivity contribution in [3.63, 3.8) is 0 Å². The third kappa shape index (κ3) is 3.29. The fourth-order valence-electron chi connectivity index (χ4n) is 2.76. The summed E-state index contributed by atoms with van der Waals surface area (Å²) >= 11 is 0. The topological polar surface area (TPSA) is 70.9 Å². The molecule has 0 saturated heterocycles. The molecule has 0 aromatic carbocycles. The fraction of sp³-hybridized carbons (Fsp3) is 0.158. The van der Waals surface area contributed by atoms with Gasteiger partial charge in [-0.3, -0.25) is 19.7 Å². The SMILES string of the molecule is C=C1C=CC(N2Cc3cc(OCc4ccc(F)cn4)cnc3C2=O)=NN1C. The fourth-order valence-corrected chi connectivity index (χ4v) is 2.76. The van der Waals surface area contributed by atoms with E-state index in [1.54, 1.807) is 41.2 Å². The van der Waals surface area contributed by atoms with Gasteiger partial charge in [0, 0.05) is 12.6 Å². The van der Waals surface area contributed by atoms with Crippen LogP contribution in [0.2, 0.25) is 0 Å². The highest BCUT2D eigenvalue weighted by Gasteiger charge is 2.32. The Hall–Kier alpha value is -3.55. The molecule has 2 aromatic rings. The van der Waals surface area contributed by atoms with Gasteiger partial charge in [-0.2, -0.15) is 5.10 Å². The molecule has 27 heavy (non-hydrogen) atoms. The quantitative estimate of drug-likeness (QED) is 0.836. The van der Waals surface area contributed by atoms with E-state index < -0.39 is 5.82 Å². The average Bonchev–Trinajstić information content (AvgIpc) is 3.00. The highest BCUT2D eigenvalue weighted by Crippen LogP contribution is 2.26. The van der Waals surface area contributed by atoms with Crippen LogP contribution in [0, 0.1) is 5.82 Å². The minimum atomic E-state index is -0.398. The second-order valence-corrected chi connectivity index (χ2v) is 6.13. The van der Waals surface area contributed by atoms with E-state index in [4.69, 9.17) is 4.74 Å². The molecule has 0 atom stereocenters. The summed E-state index contributed by atoms with van der Waals surface area (Å²) in [4.78, 5) is 22.4. The van der Waals surface area contributed by atoms with E-state index in [0.717, 1.165) is 17.5 Å². The molecule has 0 aliphatic carbocycles. The lowest BCUT2D eigenvalue weighted by Gasteiger charge is -2.23. The van der Waals surface area contributed by atoms with Crippen LogP contribution in [0.1, 0.15) is 21.7 Å². The summed E-state index contributed by atoms with van der Waals surface area (Å²) in [5.41, 5.74) is 2.48. The smallest absolute Gasteiger partial charge is 0.278 e. The predicted octanol–water partition coefficient (Wildman–Crippen LogP) is 2.48. The van der Waals surface area contributed by atoms with Gasteiger partial charge in [0.05, 0.1) is 30.3 Å². The van der Waals surface area contributed by atoms with E-state index in [9.17, 15) is 9.18 Å². The Morgan fingerprint density at radius 3 is 2.85 bits per heavy atom. The molecular formula is C19H16FN5O2. The first-order valence-electron chi connectivity index (χ1n) is 8.24. The molecule has 8 heteroatoms. The molecule has 0 saturated carbocycles. The zero-order chi connectivity index (χ0) is 19.0. The first kappa shape index (κ1) is 16.9. The largest absolute Gasteiger partial charge is 0.486 e. The van der Waals surface area contributed by atoms with Crippen LogP contribution in [-0.2, 0) is 13.2 Å². The standard InChI is InChI=1S/C19H16FN5O2/c1-12-3-6-17(23-24(12)2)25-10-13-7-16(9-22-18(13)19(25)26)27-11-15-5-4-14(20)8-21-15/h3-9H,1,10-11H2,2H3. The Balaban J connectivity index is 1.49. The highest BCUT2D eigenvalue weighted by molar-refractivity contribution is 6.12. The van der Waals surface area contributed by atoms with Crippen molar-refractivity contribution in [2.45, 2.75) is 13.2 Å². The molecule has 2 aliphatic rings. The molecule has 2 aliphatic heterocycles. The molecule has 0 fully saturated rings. The number of hydrazone groups is 1. The van der Waals surface area contributed by atoms with Crippen molar-refractivity contribution in [2.75, 3.05) is 7.05 Å². The molecule has 4 heterocycles. The first-order valence-corrected chi connectivity index (χ1v) is 8.24. The van der Waals surface area contributed by atoms with E-state index >= 15 is 0 Å². The second kappa shape index (κ2) is 6.64. The van der Waals surface area contributed by atoms with E-state index in [0.29, 0.717) is 29.5 Å². The Kier molecular flexibility index (Phi) is 4.15. The number of hydrogen-bond donors (Lipinski definition) is 0. The maximum atomic E-state index is 12.9. The van der Waals surface area contributed by atoms with Crippen LogP contribution in [0.15, 0.2) is 60.1 Å². The summed E-state index contributed by atoms with van der Waals surface area (Å²) in [6, 6.07) is 4.66. The molecule has 4 rings (SSSR count). The number of carbonyl (C=O) groups is 1. The number of halogens is 1. The summed E-state index contributed by atoms with van der Waals surface area (Å²) in [7, 11) is 1.77. The third-order valence-electron chi connectivity index (χ3n) is 4.26. The number of fused-ring (bicyclic) bond motifs is 1. The van der Waals surface area contributed by atoms with E-state index in [-0.39, 0.29) is 12.5 Å². The van der Waals surface area contributed by atoms with Gasteiger partial charge in [0.15, 0.2) is 5.84 Å². The number of allylic oxidation sites excluding steroid dienone is 1. The number of aromatic nitrogens is 2. The molecule has 0 spiro atoms. The van der Waals surface area contributed by atoms with Gasteiger partial charge in [0.25, 0.3) is 5.91 Å². The summed E-state index contributed by atoms with van der Waals surface area (Å²) in [6.07, 6.45) is 6.19. The summed E-state index contributed by atoms with van der Waals surface area (Å²) in [5.74, 6) is 0.443. The lowest BCUT2D eigenvalue weighted by molar-refractivity contribution is 0.0860. The molecule has 0 N–H and O–H groups in total. The number of carbonyl (C=O) groups excluding carboxylic acids is 1. The summed E-state index contributed by atoms with van der Waals surface area (Å²) < 4.78 is 18.6. The minimum absolute atomic E-state index is 0.181. The van der Waals surface area contributed by atoms with E-state index in [1.165, 1.54) is 12.3 Å². The zero-order valence-corrected chi connectivity index (χ0v) is 14.6. The van der Waals surface area contributed by atoms with Gasteiger partial charge in [-0.25, -0.2) is 9.37 Å². The normalized spacial score (nSPS) is 15.9. The number of ether oxygens (including phenoxy) is 1. The monoisotopic (exact) mass is 365 g/mol. The zero-order valence-electron chi connectivity index (χ0n) is 14.6.